The molecular formula is C15H23BrN2O2S. The van der Waals surface area contributed by atoms with E-state index >= 15 is 0 Å². The number of thioether (sulfide) groups is 1. The van der Waals surface area contributed by atoms with Crippen LogP contribution in [0.3, 0.4) is 0 Å². The van der Waals surface area contributed by atoms with Crippen molar-refractivity contribution < 1.29 is 9.90 Å². The number of aliphatic carboxylic acids is 1. The van der Waals surface area contributed by atoms with Crippen LogP contribution in [0, 0.1) is 0 Å². The van der Waals surface area contributed by atoms with Crippen LogP contribution < -0.4 is 5.32 Å². The smallest absolute Gasteiger partial charge is 0.323 e. The molecule has 0 bridgehead atoms. The average Bonchev–Trinajstić information content (AvgIpc) is 2.43. The van der Waals surface area contributed by atoms with Gasteiger partial charge in [-0.05, 0) is 66.9 Å². The molecule has 2 N–H and O–H groups in total. The van der Waals surface area contributed by atoms with Crippen molar-refractivity contribution in [2.75, 3.05) is 5.75 Å². The van der Waals surface area contributed by atoms with Crippen LogP contribution in [0.4, 0.5) is 0 Å². The van der Waals surface area contributed by atoms with Gasteiger partial charge in [-0.2, -0.15) is 0 Å². The predicted molar refractivity (Wildman–Crippen MR) is 90.8 cm³/mol. The summed E-state index contributed by atoms with van der Waals surface area (Å²) in [5.74, 6) is 0.106. The summed E-state index contributed by atoms with van der Waals surface area (Å²) in [6.07, 6.45) is 3.82. The first-order valence-corrected chi connectivity index (χ1v) is 8.93. The van der Waals surface area contributed by atoms with Crippen LogP contribution in [-0.2, 0) is 4.79 Å². The average molecular weight is 375 g/mol. The molecule has 0 aromatic carbocycles. The maximum Gasteiger partial charge on any atom is 0.323 e. The van der Waals surface area contributed by atoms with Crippen molar-refractivity contribution in [3.63, 3.8) is 0 Å². The lowest BCUT2D eigenvalue weighted by Gasteiger charge is -2.31. The number of hydrogen-bond acceptors (Lipinski definition) is 4. The number of hydrogen-bond donors (Lipinski definition) is 2. The zero-order valence-electron chi connectivity index (χ0n) is 12.7. The Kier molecular flexibility index (Phi) is 7.70. The molecule has 0 aliphatic heterocycles. The van der Waals surface area contributed by atoms with Crippen LogP contribution in [0.25, 0.3) is 0 Å². The summed E-state index contributed by atoms with van der Waals surface area (Å²) in [6.45, 7) is 5.88. The normalized spacial score (nSPS) is 14.1. The third-order valence-corrected chi connectivity index (χ3v) is 4.78. The molecule has 0 amide bonds. The molecule has 0 saturated heterocycles. The molecule has 21 heavy (non-hydrogen) atoms. The molecule has 4 nitrogen and oxygen atoms in total. The number of rotatable bonds is 9. The quantitative estimate of drug-likeness (QED) is 0.506. The fourth-order valence-corrected chi connectivity index (χ4v) is 3.25. The van der Waals surface area contributed by atoms with E-state index in [4.69, 9.17) is 0 Å². The summed E-state index contributed by atoms with van der Waals surface area (Å²) >= 11 is 5.01. The van der Waals surface area contributed by atoms with E-state index in [-0.39, 0.29) is 6.04 Å². The standard InChI is InChI=1S/C15H23BrN2O2S/c1-4-15(14(19)20,18-11(2)3)8-5-9-21-13-7-6-12(16)10-17-13/h6-7,10-11,18H,4-5,8-9H2,1-3H3,(H,19,20). The summed E-state index contributed by atoms with van der Waals surface area (Å²) in [5.41, 5.74) is -0.818. The van der Waals surface area contributed by atoms with Gasteiger partial charge >= 0.3 is 5.97 Å². The van der Waals surface area contributed by atoms with E-state index in [1.54, 1.807) is 18.0 Å². The number of pyridine rings is 1. The Balaban J connectivity index is 2.50. The second-order valence-electron chi connectivity index (χ2n) is 5.31. The van der Waals surface area contributed by atoms with E-state index in [0.29, 0.717) is 12.8 Å². The number of carbonyl (C=O) groups is 1. The molecule has 0 aliphatic rings. The van der Waals surface area contributed by atoms with Crippen molar-refractivity contribution in [2.24, 2.45) is 0 Å². The lowest BCUT2D eigenvalue weighted by molar-refractivity contribution is -0.145. The molecule has 0 saturated carbocycles. The zero-order chi connectivity index (χ0) is 15.9. The summed E-state index contributed by atoms with van der Waals surface area (Å²) in [6, 6.07) is 4.08. The van der Waals surface area contributed by atoms with Crippen LogP contribution in [0.5, 0.6) is 0 Å². The van der Waals surface area contributed by atoms with E-state index < -0.39 is 11.5 Å². The van der Waals surface area contributed by atoms with Crippen molar-refractivity contribution in [2.45, 2.75) is 56.6 Å². The minimum Gasteiger partial charge on any atom is -0.480 e. The van der Waals surface area contributed by atoms with Crippen molar-refractivity contribution in [1.29, 1.82) is 0 Å². The number of carboxylic acids is 1. The molecule has 1 heterocycles. The fourth-order valence-electron chi connectivity index (χ4n) is 2.22. The Morgan fingerprint density at radius 3 is 2.71 bits per heavy atom. The van der Waals surface area contributed by atoms with E-state index in [2.05, 4.69) is 26.2 Å². The van der Waals surface area contributed by atoms with Crippen LogP contribution >= 0.6 is 27.7 Å². The highest BCUT2D eigenvalue weighted by molar-refractivity contribution is 9.10. The van der Waals surface area contributed by atoms with Crippen molar-refractivity contribution in [3.8, 4) is 0 Å². The van der Waals surface area contributed by atoms with Gasteiger partial charge in [-0.25, -0.2) is 4.98 Å². The monoisotopic (exact) mass is 374 g/mol. The molecule has 0 radical (unpaired) electrons. The van der Waals surface area contributed by atoms with Crippen molar-refractivity contribution in [3.05, 3.63) is 22.8 Å². The van der Waals surface area contributed by atoms with Crippen molar-refractivity contribution in [1.82, 2.24) is 10.3 Å². The second kappa shape index (κ2) is 8.76. The van der Waals surface area contributed by atoms with Crippen LogP contribution in [-0.4, -0.2) is 33.4 Å². The lowest BCUT2D eigenvalue weighted by Crippen LogP contribution is -2.54. The maximum absolute atomic E-state index is 11.6. The molecular weight excluding hydrogens is 352 g/mol. The molecule has 0 fully saturated rings. The van der Waals surface area contributed by atoms with Crippen LogP contribution in [0.1, 0.15) is 40.0 Å². The number of carboxylic acid groups (broad SMARTS) is 1. The van der Waals surface area contributed by atoms with Gasteiger partial charge in [0.2, 0.25) is 0 Å². The molecule has 1 aromatic rings. The SMILES string of the molecule is CCC(CCCSc1ccc(Br)cn1)(NC(C)C)C(=O)O. The molecule has 1 unspecified atom stereocenters. The van der Waals surface area contributed by atoms with Gasteiger partial charge < -0.3 is 5.11 Å². The van der Waals surface area contributed by atoms with Gasteiger partial charge in [0, 0.05) is 16.7 Å². The zero-order valence-corrected chi connectivity index (χ0v) is 15.1. The number of aromatic nitrogens is 1. The van der Waals surface area contributed by atoms with E-state index in [9.17, 15) is 9.90 Å². The highest BCUT2D eigenvalue weighted by atomic mass is 79.9. The minimum atomic E-state index is -0.818. The third kappa shape index (κ3) is 5.96. The first kappa shape index (κ1) is 18.5. The first-order chi connectivity index (χ1) is 9.89. The molecule has 0 spiro atoms. The largest absolute Gasteiger partial charge is 0.480 e. The van der Waals surface area contributed by atoms with Crippen LogP contribution in [0.15, 0.2) is 27.8 Å². The molecule has 1 atom stereocenters. The maximum atomic E-state index is 11.6. The van der Waals surface area contributed by atoms with Gasteiger partial charge in [-0.3, -0.25) is 10.1 Å². The van der Waals surface area contributed by atoms with E-state index in [1.165, 1.54) is 0 Å². The Morgan fingerprint density at radius 2 is 2.24 bits per heavy atom. The number of nitrogens with one attached hydrogen (secondary N) is 1. The number of nitrogens with zero attached hydrogens (tertiary/aromatic N) is 1. The Morgan fingerprint density at radius 1 is 1.52 bits per heavy atom. The predicted octanol–water partition coefficient (Wildman–Crippen LogP) is 3.95. The third-order valence-electron chi connectivity index (χ3n) is 3.28. The van der Waals surface area contributed by atoms with E-state index in [0.717, 1.165) is 21.7 Å². The number of halogens is 1. The van der Waals surface area contributed by atoms with Crippen molar-refractivity contribution >= 4 is 33.7 Å². The lowest BCUT2D eigenvalue weighted by atomic mass is 9.90. The second-order valence-corrected chi connectivity index (χ2v) is 7.34. The minimum absolute atomic E-state index is 0.154. The van der Waals surface area contributed by atoms with Gasteiger partial charge in [0.15, 0.2) is 0 Å². The Labute approximate surface area is 139 Å². The molecule has 1 rings (SSSR count). The Bertz CT molecular complexity index is 453. The highest BCUT2D eigenvalue weighted by Crippen LogP contribution is 2.23. The summed E-state index contributed by atoms with van der Waals surface area (Å²) in [5, 5.41) is 13.7. The molecule has 118 valence electrons. The molecule has 1 aromatic heterocycles. The summed E-state index contributed by atoms with van der Waals surface area (Å²) in [7, 11) is 0. The van der Waals surface area contributed by atoms with E-state index in [1.807, 2.05) is 32.9 Å². The van der Waals surface area contributed by atoms with Gasteiger partial charge in [0.05, 0.1) is 5.03 Å². The first-order valence-electron chi connectivity index (χ1n) is 7.15. The van der Waals surface area contributed by atoms with Gasteiger partial charge in [-0.15, -0.1) is 11.8 Å². The van der Waals surface area contributed by atoms with Crippen LogP contribution in [0.2, 0.25) is 0 Å². The summed E-state index contributed by atoms with van der Waals surface area (Å²) < 4.78 is 0.962. The topological polar surface area (TPSA) is 62.2 Å². The molecule has 6 heteroatoms. The van der Waals surface area contributed by atoms with Gasteiger partial charge in [0.25, 0.3) is 0 Å². The Hall–Kier alpha value is -0.590. The highest BCUT2D eigenvalue weighted by Gasteiger charge is 2.36. The fraction of sp³-hybridized carbons (Fsp3) is 0.600. The van der Waals surface area contributed by atoms with Gasteiger partial charge in [0.1, 0.15) is 5.54 Å². The molecule has 0 aliphatic carbocycles. The summed E-state index contributed by atoms with van der Waals surface area (Å²) in [4.78, 5) is 15.9. The van der Waals surface area contributed by atoms with Gasteiger partial charge in [-0.1, -0.05) is 6.92 Å².